The summed E-state index contributed by atoms with van der Waals surface area (Å²) in [6.07, 6.45) is 0. The number of rotatable bonds is 3. The zero-order valence-electron chi connectivity index (χ0n) is 14.9. The molecule has 1 aliphatic rings. The van der Waals surface area contributed by atoms with E-state index in [0.29, 0.717) is 11.3 Å². The van der Waals surface area contributed by atoms with Crippen LogP contribution in [0, 0.1) is 13.8 Å². The number of anilines is 1. The van der Waals surface area contributed by atoms with Gasteiger partial charge in [0.25, 0.3) is 10.0 Å². The minimum absolute atomic E-state index is 0.285. The van der Waals surface area contributed by atoms with E-state index in [2.05, 4.69) is 15.2 Å². The van der Waals surface area contributed by atoms with Crippen LogP contribution >= 0.6 is 0 Å². The van der Waals surface area contributed by atoms with Crippen LogP contribution in [0.3, 0.4) is 0 Å². The lowest BCUT2D eigenvalue weighted by Gasteiger charge is -2.29. The molecule has 0 aliphatic carbocycles. The van der Waals surface area contributed by atoms with Gasteiger partial charge < -0.3 is 10.2 Å². The summed E-state index contributed by atoms with van der Waals surface area (Å²) in [5.41, 5.74) is 3.27. The number of benzene rings is 2. The average molecular weight is 370 g/mol. The van der Waals surface area contributed by atoms with Gasteiger partial charge in [-0.15, -0.1) is 0 Å². The topological polar surface area (TPSA) is 67.2 Å². The molecular weight excluding hydrogens is 348 g/mol. The van der Waals surface area contributed by atoms with Crippen molar-refractivity contribution in [2.24, 2.45) is 0 Å². The lowest BCUT2D eigenvalue weighted by molar-refractivity contribution is 0.587. The number of nitrogens with one attached hydrogen (secondary N) is 1. The molecule has 3 aromatic rings. The molecule has 0 atom stereocenters. The Bertz CT molecular complexity index is 1070. The van der Waals surface area contributed by atoms with Crippen molar-refractivity contribution in [2.75, 3.05) is 31.1 Å². The van der Waals surface area contributed by atoms with Gasteiger partial charge in [-0.3, -0.25) is 0 Å². The number of aryl methyl sites for hydroxylation is 2. The minimum Gasteiger partial charge on any atom is -0.367 e. The Hall–Kier alpha value is -2.38. The van der Waals surface area contributed by atoms with Crippen LogP contribution in [0.2, 0.25) is 0 Å². The van der Waals surface area contributed by atoms with Crippen LogP contribution in [0.4, 0.5) is 5.69 Å². The first kappa shape index (κ1) is 17.1. The summed E-state index contributed by atoms with van der Waals surface area (Å²) in [5.74, 6) is 0.476. The predicted octanol–water partition coefficient (Wildman–Crippen LogP) is 2.30. The van der Waals surface area contributed by atoms with Crippen LogP contribution < -0.4 is 10.2 Å². The van der Waals surface area contributed by atoms with Crippen molar-refractivity contribution < 1.29 is 8.42 Å². The summed E-state index contributed by atoms with van der Waals surface area (Å²) < 4.78 is 27.9. The number of hydrogen-bond donors (Lipinski definition) is 1. The molecule has 1 aliphatic heterocycles. The summed E-state index contributed by atoms with van der Waals surface area (Å²) in [7, 11) is -3.70. The van der Waals surface area contributed by atoms with Crippen molar-refractivity contribution in [3.63, 3.8) is 0 Å². The first-order chi connectivity index (χ1) is 12.5. The molecule has 0 saturated carbocycles. The fraction of sp³-hybridized carbons (Fsp3) is 0.316. The van der Waals surface area contributed by atoms with Crippen molar-refractivity contribution in [1.29, 1.82) is 0 Å². The molecule has 4 rings (SSSR count). The van der Waals surface area contributed by atoms with Gasteiger partial charge in [-0.25, -0.2) is 17.4 Å². The molecule has 1 N–H and O–H groups in total. The number of hydrogen-bond acceptors (Lipinski definition) is 5. The average Bonchev–Trinajstić information content (AvgIpc) is 2.99. The SMILES string of the molecule is Cc1cccc(S(=O)(=O)n2c(C)nc3c(N4CCNCC4)cccc32)c1. The van der Waals surface area contributed by atoms with Gasteiger partial charge in [-0.05, 0) is 43.7 Å². The van der Waals surface area contributed by atoms with Gasteiger partial charge in [0.1, 0.15) is 11.3 Å². The van der Waals surface area contributed by atoms with E-state index in [9.17, 15) is 8.42 Å². The van der Waals surface area contributed by atoms with Crippen LogP contribution in [0.5, 0.6) is 0 Å². The monoisotopic (exact) mass is 370 g/mol. The highest BCUT2D eigenvalue weighted by Gasteiger charge is 2.25. The Kier molecular flexibility index (Phi) is 4.20. The molecular formula is C19H22N4O2S. The van der Waals surface area contributed by atoms with E-state index in [-0.39, 0.29) is 4.90 Å². The number of para-hydroxylation sites is 1. The number of fused-ring (bicyclic) bond motifs is 1. The number of piperazine rings is 1. The number of nitrogens with zero attached hydrogens (tertiary/aromatic N) is 3. The van der Waals surface area contributed by atoms with E-state index in [1.165, 1.54) is 3.97 Å². The highest BCUT2D eigenvalue weighted by atomic mass is 32.2. The first-order valence-electron chi connectivity index (χ1n) is 8.74. The maximum absolute atomic E-state index is 13.3. The molecule has 2 aromatic carbocycles. The van der Waals surface area contributed by atoms with E-state index in [4.69, 9.17) is 0 Å². The van der Waals surface area contributed by atoms with Gasteiger partial charge in [-0.2, -0.15) is 0 Å². The van der Waals surface area contributed by atoms with Crippen LogP contribution in [0.25, 0.3) is 11.0 Å². The summed E-state index contributed by atoms with van der Waals surface area (Å²) >= 11 is 0. The third kappa shape index (κ3) is 2.77. The molecule has 0 radical (unpaired) electrons. The smallest absolute Gasteiger partial charge is 0.269 e. The van der Waals surface area contributed by atoms with Gasteiger partial charge in [0.15, 0.2) is 0 Å². The van der Waals surface area contributed by atoms with Gasteiger partial charge in [0.2, 0.25) is 0 Å². The molecule has 0 spiro atoms. The van der Waals surface area contributed by atoms with Gasteiger partial charge in [0.05, 0.1) is 16.1 Å². The van der Waals surface area contributed by atoms with Gasteiger partial charge in [-0.1, -0.05) is 18.2 Å². The van der Waals surface area contributed by atoms with E-state index in [1.807, 2.05) is 31.2 Å². The predicted molar refractivity (Wildman–Crippen MR) is 103 cm³/mol. The fourth-order valence-electron chi connectivity index (χ4n) is 3.52. The molecule has 0 amide bonds. The van der Waals surface area contributed by atoms with Crippen molar-refractivity contribution >= 4 is 26.7 Å². The molecule has 1 fully saturated rings. The number of imidazole rings is 1. The lowest BCUT2D eigenvalue weighted by atomic mass is 10.2. The quantitative estimate of drug-likeness (QED) is 0.766. The number of aromatic nitrogens is 2. The van der Waals surface area contributed by atoms with Crippen LogP contribution in [-0.4, -0.2) is 43.6 Å². The zero-order chi connectivity index (χ0) is 18.3. The van der Waals surface area contributed by atoms with Crippen molar-refractivity contribution in [1.82, 2.24) is 14.3 Å². The highest BCUT2D eigenvalue weighted by Crippen LogP contribution is 2.30. The molecule has 26 heavy (non-hydrogen) atoms. The third-order valence-corrected chi connectivity index (χ3v) is 6.56. The van der Waals surface area contributed by atoms with Crippen LogP contribution in [0.1, 0.15) is 11.4 Å². The summed E-state index contributed by atoms with van der Waals surface area (Å²) in [6.45, 7) is 7.23. The summed E-state index contributed by atoms with van der Waals surface area (Å²) in [5, 5.41) is 3.34. The molecule has 7 heteroatoms. The van der Waals surface area contributed by atoms with E-state index >= 15 is 0 Å². The molecule has 0 unspecified atom stereocenters. The lowest BCUT2D eigenvalue weighted by Crippen LogP contribution is -2.43. The van der Waals surface area contributed by atoms with Gasteiger partial charge in [0, 0.05) is 26.2 Å². The van der Waals surface area contributed by atoms with Crippen LogP contribution in [-0.2, 0) is 10.0 Å². The Morgan fingerprint density at radius 3 is 2.50 bits per heavy atom. The van der Waals surface area contributed by atoms with Gasteiger partial charge >= 0.3 is 0 Å². The molecule has 136 valence electrons. The van der Waals surface area contributed by atoms with Crippen molar-refractivity contribution in [3.8, 4) is 0 Å². The first-order valence-corrected chi connectivity index (χ1v) is 10.2. The fourth-order valence-corrected chi connectivity index (χ4v) is 5.12. The molecule has 1 aromatic heterocycles. The van der Waals surface area contributed by atoms with E-state index in [0.717, 1.165) is 42.9 Å². The molecule has 6 nitrogen and oxygen atoms in total. The standard InChI is InChI=1S/C19H22N4O2S/c1-14-5-3-6-16(13-14)26(24,25)23-15(2)21-19-17(7-4-8-18(19)23)22-11-9-20-10-12-22/h3-8,13,20H,9-12H2,1-2H3. The second-order valence-corrected chi connectivity index (χ2v) is 8.41. The minimum atomic E-state index is -3.70. The zero-order valence-corrected chi connectivity index (χ0v) is 15.8. The second-order valence-electron chi connectivity index (χ2n) is 6.63. The normalized spacial score (nSPS) is 15.5. The van der Waals surface area contributed by atoms with E-state index in [1.54, 1.807) is 25.1 Å². The molecule has 0 bridgehead atoms. The summed E-state index contributed by atoms with van der Waals surface area (Å²) in [6, 6.07) is 12.7. The third-order valence-electron chi connectivity index (χ3n) is 4.77. The molecule has 2 heterocycles. The van der Waals surface area contributed by atoms with Crippen molar-refractivity contribution in [2.45, 2.75) is 18.7 Å². The summed E-state index contributed by atoms with van der Waals surface area (Å²) in [4.78, 5) is 7.17. The maximum Gasteiger partial charge on any atom is 0.269 e. The largest absolute Gasteiger partial charge is 0.367 e. The van der Waals surface area contributed by atoms with Crippen molar-refractivity contribution in [3.05, 3.63) is 53.9 Å². The highest BCUT2D eigenvalue weighted by molar-refractivity contribution is 7.90. The van der Waals surface area contributed by atoms with E-state index < -0.39 is 10.0 Å². The Morgan fingerprint density at radius 1 is 1.04 bits per heavy atom. The molecule has 1 saturated heterocycles. The Morgan fingerprint density at radius 2 is 1.77 bits per heavy atom. The Labute approximate surface area is 153 Å². The van der Waals surface area contributed by atoms with Crippen LogP contribution in [0.15, 0.2) is 47.4 Å². The maximum atomic E-state index is 13.3. The second kappa shape index (κ2) is 6.41. The Balaban J connectivity index is 1.90.